The van der Waals surface area contributed by atoms with Crippen LogP contribution in [0.3, 0.4) is 0 Å². The second-order valence-corrected chi connectivity index (χ2v) is 10.2. The van der Waals surface area contributed by atoms with Gasteiger partial charge >= 0.3 is 0 Å². The summed E-state index contributed by atoms with van der Waals surface area (Å²) in [5, 5.41) is 7.32. The van der Waals surface area contributed by atoms with Crippen LogP contribution >= 0.6 is 0 Å². The van der Waals surface area contributed by atoms with Gasteiger partial charge in [0.2, 0.25) is 15.7 Å². The number of sulfone groups is 1. The SMILES string of the molecule is CCc1nn(C[C@H](C)N)c(CC)c1S(=O)(=O)c1cccc(NC(=O)C(C)(C)C)c1. The average molecular weight is 421 g/mol. The third-order valence-corrected chi connectivity index (χ3v) is 6.44. The quantitative estimate of drug-likeness (QED) is 0.715. The van der Waals surface area contributed by atoms with Gasteiger partial charge in [-0.2, -0.15) is 5.10 Å². The van der Waals surface area contributed by atoms with Crippen molar-refractivity contribution in [3.63, 3.8) is 0 Å². The molecule has 0 aliphatic rings. The monoisotopic (exact) mass is 420 g/mol. The van der Waals surface area contributed by atoms with Gasteiger partial charge in [0.05, 0.1) is 22.8 Å². The number of aromatic nitrogens is 2. The number of carbonyl (C=O) groups is 1. The highest BCUT2D eigenvalue weighted by atomic mass is 32.2. The molecule has 3 N–H and O–H groups in total. The second kappa shape index (κ2) is 8.67. The minimum absolute atomic E-state index is 0.133. The van der Waals surface area contributed by atoms with Gasteiger partial charge in [0.1, 0.15) is 4.90 Å². The molecule has 0 radical (unpaired) electrons. The molecule has 0 unspecified atom stereocenters. The number of benzene rings is 1. The van der Waals surface area contributed by atoms with Gasteiger partial charge in [-0.05, 0) is 38.0 Å². The zero-order chi connectivity index (χ0) is 22.0. The normalized spacial score (nSPS) is 13.3. The van der Waals surface area contributed by atoms with Gasteiger partial charge in [0.15, 0.2) is 0 Å². The Balaban J connectivity index is 2.55. The Labute approximate surface area is 173 Å². The lowest BCUT2D eigenvalue weighted by atomic mass is 9.95. The summed E-state index contributed by atoms with van der Waals surface area (Å²) in [5.41, 5.74) is 6.98. The van der Waals surface area contributed by atoms with Crippen molar-refractivity contribution in [1.82, 2.24) is 9.78 Å². The van der Waals surface area contributed by atoms with Crippen molar-refractivity contribution in [3.8, 4) is 0 Å². The number of anilines is 1. The van der Waals surface area contributed by atoms with Gasteiger partial charge < -0.3 is 11.1 Å². The maximum absolute atomic E-state index is 13.5. The van der Waals surface area contributed by atoms with Gasteiger partial charge in [0.25, 0.3) is 0 Å². The maximum atomic E-state index is 13.5. The summed E-state index contributed by atoms with van der Waals surface area (Å²) < 4.78 is 28.8. The lowest BCUT2D eigenvalue weighted by Gasteiger charge is -2.18. The highest BCUT2D eigenvalue weighted by Crippen LogP contribution is 2.30. The molecular formula is C21H32N4O3S. The fourth-order valence-corrected chi connectivity index (χ4v) is 4.85. The third kappa shape index (κ3) is 5.05. The molecule has 1 aromatic heterocycles. The van der Waals surface area contributed by atoms with E-state index in [9.17, 15) is 13.2 Å². The largest absolute Gasteiger partial charge is 0.326 e. The lowest BCUT2D eigenvalue weighted by molar-refractivity contribution is -0.123. The first-order valence-corrected chi connectivity index (χ1v) is 11.4. The topological polar surface area (TPSA) is 107 Å². The Morgan fingerprint density at radius 1 is 1.24 bits per heavy atom. The van der Waals surface area contributed by atoms with Crippen molar-refractivity contribution in [1.29, 1.82) is 0 Å². The number of carbonyl (C=O) groups excluding carboxylic acids is 1. The standard InChI is InChI=1S/C21H32N4O3S/c1-7-17-19(18(8-2)25(24-17)13-14(3)22)29(27,28)16-11-9-10-15(12-16)23-20(26)21(4,5)6/h9-12,14H,7-8,13,22H2,1-6H3,(H,23,26)/t14-/m0/s1. The first kappa shape index (κ1) is 23.1. The number of amides is 1. The zero-order valence-electron chi connectivity index (χ0n) is 18.1. The third-order valence-electron chi connectivity index (χ3n) is 4.56. The molecule has 0 aliphatic heterocycles. The molecule has 2 rings (SSSR count). The summed E-state index contributed by atoms with van der Waals surface area (Å²) in [6.07, 6.45) is 1.02. The molecule has 1 aromatic carbocycles. The molecule has 0 fully saturated rings. The van der Waals surface area contributed by atoms with E-state index in [0.29, 0.717) is 36.5 Å². The van der Waals surface area contributed by atoms with Crippen LogP contribution in [0.4, 0.5) is 5.69 Å². The molecule has 0 saturated carbocycles. The molecule has 7 nitrogen and oxygen atoms in total. The van der Waals surface area contributed by atoms with Crippen LogP contribution in [-0.2, 0) is 34.0 Å². The molecular weight excluding hydrogens is 388 g/mol. The molecule has 8 heteroatoms. The van der Waals surface area contributed by atoms with Gasteiger partial charge in [-0.1, -0.05) is 40.7 Å². The number of rotatable bonds is 7. The van der Waals surface area contributed by atoms with Gasteiger partial charge in [0, 0.05) is 17.1 Å². The Morgan fingerprint density at radius 3 is 2.41 bits per heavy atom. The van der Waals surface area contributed by atoms with Crippen molar-refractivity contribution in [2.45, 2.75) is 76.8 Å². The van der Waals surface area contributed by atoms with E-state index in [0.717, 1.165) is 0 Å². The van der Waals surface area contributed by atoms with Crippen LogP contribution in [0.2, 0.25) is 0 Å². The summed E-state index contributed by atoms with van der Waals surface area (Å²) in [7, 11) is -3.81. The van der Waals surface area contributed by atoms with E-state index < -0.39 is 15.3 Å². The minimum atomic E-state index is -3.81. The van der Waals surface area contributed by atoms with Crippen LogP contribution in [0.1, 0.15) is 52.9 Å². The Kier molecular flexibility index (Phi) is 6.90. The fourth-order valence-electron chi connectivity index (χ4n) is 3.02. The van der Waals surface area contributed by atoms with E-state index in [-0.39, 0.29) is 21.7 Å². The summed E-state index contributed by atoms with van der Waals surface area (Å²) in [6.45, 7) is 11.5. The van der Waals surface area contributed by atoms with E-state index >= 15 is 0 Å². The number of nitrogens with two attached hydrogens (primary N) is 1. The molecule has 0 saturated heterocycles. The molecule has 160 valence electrons. The summed E-state index contributed by atoms with van der Waals surface area (Å²) in [4.78, 5) is 12.7. The molecule has 0 bridgehead atoms. The van der Waals surface area contributed by atoms with Crippen LogP contribution in [0, 0.1) is 5.41 Å². The Morgan fingerprint density at radius 2 is 1.90 bits per heavy atom. The molecule has 0 aliphatic carbocycles. The maximum Gasteiger partial charge on any atom is 0.229 e. The molecule has 0 spiro atoms. The van der Waals surface area contributed by atoms with Crippen LogP contribution in [-0.4, -0.2) is 30.1 Å². The minimum Gasteiger partial charge on any atom is -0.326 e. The van der Waals surface area contributed by atoms with Crippen molar-refractivity contribution in [2.24, 2.45) is 11.1 Å². The molecule has 1 heterocycles. The van der Waals surface area contributed by atoms with Crippen molar-refractivity contribution < 1.29 is 13.2 Å². The number of nitrogens with zero attached hydrogens (tertiary/aromatic N) is 2. The number of nitrogens with one attached hydrogen (secondary N) is 1. The first-order chi connectivity index (χ1) is 13.4. The van der Waals surface area contributed by atoms with Crippen molar-refractivity contribution >= 4 is 21.4 Å². The van der Waals surface area contributed by atoms with Crippen LogP contribution in [0.15, 0.2) is 34.1 Å². The summed E-state index contributed by atoms with van der Waals surface area (Å²) in [5.74, 6) is -0.180. The number of hydrogen-bond donors (Lipinski definition) is 2. The number of aryl methyl sites for hydroxylation is 1. The lowest BCUT2D eigenvalue weighted by Crippen LogP contribution is -2.27. The van der Waals surface area contributed by atoms with Crippen LogP contribution < -0.4 is 11.1 Å². The van der Waals surface area contributed by atoms with Gasteiger partial charge in [-0.3, -0.25) is 9.48 Å². The van der Waals surface area contributed by atoms with Crippen molar-refractivity contribution in [2.75, 3.05) is 5.32 Å². The van der Waals surface area contributed by atoms with Crippen molar-refractivity contribution in [3.05, 3.63) is 35.7 Å². The van der Waals surface area contributed by atoms with E-state index in [1.165, 1.54) is 6.07 Å². The van der Waals surface area contributed by atoms with Gasteiger partial charge in [-0.25, -0.2) is 8.42 Å². The predicted molar refractivity (Wildman–Crippen MR) is 115 cm³/mol. The molecule has 1 atom stereocenters. The average Bonchev–Trinajstić information content (AvgIpc) is 2.98. The molecule has 2 aromatic rings. The first-order valence-electron chi connectivity index (χ1n) is 9.92. The Hall–Kier alpha value is -2.19. The van der Waals surface area contributed by atoms with E-state index in [2.05, 4.69) is 10.4 Å². The fraction of sp³-hybridized carbons (Fsp3) is 0.524. The van der Waals surface area contributed by atoms with E-state index in [1.807, 2.05) is 20.8 Å². The van der Waals surface area contributed by atoms with Crippen LogP contribution in [0.5, 0.6) is 0 Å². The zero-order valence-corrected chi connectivity index (χ0v) is 18.9. The van der Waals surface area contributed by atoms with E-state index in [4.69, 9.17) is 5.73 Å². The molecule has 1 amide bonds. The smallest absolute Gasteiger partial charge is 0.229 e. The molecule has 29 heavy (non-hydrogen) atoms. The van der Waals surface area contributed by atoms with Crippen LogP contribution in [0.25, 0.3) is 0 Å². The highest BCUT2D eigenvalue weighted by Gasteiger charge is 2.29. The van der Waals surface area contributed by atoms with E-state index in [1.54, 1.807) is 43.7 Å². The Bertz CT molecular complexity index is 986. The summed E-state index contributed by atoms with van der Waals surface area (Å²) >= 11 is 0. The predicted octanol–water partition coefficient (Wildman–Crippen LogP) is 3.17. The number of hydrogen-bond acceptors (Lipinski definition) is 5. The summed E-state index contributed by atoms with van der Waals surface area (Å²) in [6, 6.07) is 6.22. The second-order valence-electron chi connectivity index (χ2n) is 8.32. The van der Waals surface area contributed by atoms with Gasteiger partial charge in [-0.15, -0.1) is 0 Å². The highest BCUT2D eigenvalue weighted by molar-refractivity contribution is 7.91.